The standard InChI is InChI=1S/C14H11N3O3S/c15-14(20)17-9-5-2-1-4-8(9)11(13(17)19)16-12(18)10-6-3-7-21-10/h1-7,11H,(H2,15,20)(H,16,18). The van der Waals surface area contributed by atoms with Crippen molar-refractivity contribution in [3.8, 4) is 0 Å². The van der Waals surface area contributed by atoms with E-state index in [0.29, 0.717) is 16.1 Å². The highest BCUT2D eigenvalue weighted by atomic mass is 32.1. The number of anilines is 1. The SMILES string of the molecule is NC(=O)N1C(=O)C(NC(=O)c2cccs2)c2ccccc21. The van der Waals surface area contributed by atoms with Gasteiger partial charge in [-0.15, -0.1) is 11.3 Å². The van der Waals surface area contributed by atoms with Crippen molar-refractivity contribution in [2.24, 2.45) is 5.73 Å². The second-order valence-corrected chi connectivity index (χ2v) is 5.40. The summed E-state index contributed by atoms with van der Waals surface area (Å²) < 4.78 is 0. The molecule has 2 heterocycles. The summed E-state index contributed by atoms with van der Waals surface area (Å²) in [7, 11) is 0. The van der Waals surface area contributed by atoms with E-state index in [1.807, 2.05) is 0 Å². The van der Waals surface area contributed by atoms with Crippen LogP contribution in [0.4, 0.5) is 10.5 Å². The van der Waals surface area contributed by atoms with Crippen LogP contribution in [0.25, 0.3) is 0 Å². The quantitative estimate of drug-likeness (QED) is 0.883. The van der Waals surface area contributed by atoms with Crippen molar-refractivity contribution in [2.75, 3.05) is 4.90 Å². The predicted molar refractivity (Wildman–Crippen MR) is 78.0 cm³/mol. The van der Waals surface area contributed by atoms with Gasteiger partial charge in [0.05, 0.1) is 10.6 Å². The van der Waals surface area contributed by atoms with Crippen molar-refractivity contribution in [3.05, 3.63) is 52.2 Å². The van der Waals surface area contributed by atoms with Gasteiger partial charge in [-0.25, -0.2) is 9.69 Å². The summed E-state index contributed by atoms with van der Waals surface area (Å²) in [5.74, 6) is -0.905. The van der Waals surface area contributed by atoms with Crippen molar-refractivity contribution in [2.45, 2.75) is 6.04 Å². The van der Waals surface area contributed by atoms with E-state index in [-0.39, 0.29) is 5.91 Å². The largest absolute Gasteiger partial charge is 0.351 e. The fourth-order valence-corrected chi connectivity index (χ4v) is 2.92. The third-order valence-corrected chi connectivity index (χ3v) is 4.07. The molecule has 4 amide bonds. The van der Waals surface area contributed by atoms with E-state index in [9.17, 15) is 14.4 Å². The molecule has 2 aromatic rings. The zero-order valence-electron chi connectivity index (χ0n) is 10.8. The Kier molecular flexibility index (Phi) is 3.19. The first-order chi connectivity index (χ1) is 10.1. The number of rotatable bonds is 2. The molecule has 7 heteroatoms. The number of fused-ring (bicyclic) bond motifs is 1. The number of carbonyl (C=O) groups is 3. The maximum absolute atomic E-state index is 12.3. The van der Waals surface area contributed by atoms with Crippen LogP contribution in [0.15, 0.2) is 41.8 Å². The summed E-state index contributed by atoms with van der Waals surface area (Å²) in [6.45, 7) is 0. The fourth-order valence-electron chi connectivity index (χ4n) is 2.29. The Morgan fingerprint density at radius 2 is 1.95 bits per heavy atom. The van der Waals surface area contributed by atoms with Crippen LogP contribution in [-0.4, -0.2) is 17.8 Å². The molecule has 0 bridgehead atoms. The monoisotopic (exact) mass is 301 g/mol. The number of primary amides is 1. The van der Waals surface area contributed by atoms with E-state index in [1.54, 1.807) is 41.8 Å². The number of carbonyl (C=O) groups excluding carboxylic acids is 3. The number of hydrogen-bond donors (Lipinski definition) is 2. The number of imide groups is 1. The van der Waals surface area contributed by atoms with Crippen LogP contribution in [0.2, 0.25) is 0 Å². The predicted octanol–water partition coefficient (Wildman–Crippen LogP) is 1.64. The molecule has 1 aromatic carbocycles. The molecule has 6 nitrogen and oxygen atoms in total. The van der Waals surface area contributed by atoms with Crippen LogP contribution in [0, 0.1) is 0 Å². The first kappa shape index (κ1) is 13.3. The van der Waals surface area contributed by atoms with Gasteiger partial charge in [0.25, 0.3) is 11.8 Å². The molecule has 0 aliphatic carbocycles. The lowest BCUT2D eigenvalue weighted by Crippen LogP contribution is -2.42. The first-order valence-electron chi connectivity index (χ1n) is 6.16. The fraction of sp³-hybridized carbons (Fsp3) is 0.0714. The Balaban J connectivity index is 1.94. The average molecular weight is 301 g/mol. The van der Waals surface area contributed by atoms with Gasteiger partial charge >= 0.3 is 6.03 Å². The summed E-state index contributed by atoms with van der Waals surface area (Å²) in [5.41, 5.74) is 6.22. The molecule has 1 aliphatic heterocycles. The number of nitrogens with zero attached hydrogens (tertiary/aromatic N) is 1. The number of thiophene rings is 1. The summed E-state index contributed by atoms with van der Waals surface area (Å²) in [6.07, 6.45) is 0. The number of nitrogens with one attached hydrogen (secondary N) is 1. The Hall–Kier alpha value is -2.67. The normalized spacial score (nSPS) is 16.7. The highest BCUT2D eigenvalue weighted by Gasteiger charge is 2.40. The second-order valence-electron chi connectivity index (χ2n) is 4.45. The van der Waals surface area contributed by atoms with Gasteiger partial charge in [0.15, 0.2) is 0 Å². The van der Waals surface area contributed by atoms with Crippen LogP contribution in [0.3, 0.4) is 0 Å². The topological polar surface area (TPSA) is 92.5 Å². The van der Waals surface area contributed by atoms with Crippen LogP contribution in [0.5, 0.6) is 0 Å². The van der Waals surface area contributed by atoms with Crippen LogP contribution < -0.4 is 16.0 Å². The summed E-state index contributed by atoms with van der Waals surface area (Å²) in [5, 5.41) is 4.42. The Labute approximate surface area is 124 Å². The molecule has 0 saturated carbocycles. The number of hydrogen-bond acceptors (Lipinski definition) is 4. The average Bonchev–Trinajstić information content (AvgIpc) is 3.06. The van der Waals surface area contributed by atoms with E-state index >= 15 is 0 Å². The molecule has 3 N–H and O–H groups in total. The number of nitrogens with two attached hydrogens (primary N) is 1. The summed E-state index contributed by atoms with van der Waals surface area (Å²) >= 11 is 1.28. The molecule has 3 rings (SSSR count). The van der Waals surface area contributed by atoms with Gasteiger partial charge < -0.3 is 11.1 Å². The van der Waals surface area contributed by atoms with Gasteiger partial charge in [0.1, 0.15) is 6.04 Å². The Bertz CT molecular complexity index is 727. The molecule has 0 radical (unpaired) electrons. The minimum absolute atomic E-state index is 0.357. The number of amides is 4. The molecule has 21 heavy (non-hydrogen) atoms. The maximum Gasteiger partial charge on any atom is 0.326 e. The molecule has 1 aromatic heterocycles. The highest BCUT2D eigenvalue weighted by Crippen LogP contribution is 2.35. The van der Waals surface area contributed by atoms with Crippen molar-refractivity contribution in [1.29, 1.82) is 0 Å². The number of para-hydroxylation sites is 1. The third kappa shape index (κ3) is 2.17. The zero-order chi connectivity index (χ0) is 15.0. The van der Waals surface area contributed by atoms with Crippen LogP contribution in [0.1, 0.15) is 21.3 Å². The second kappa shape index (κ2) is 5.02. The van der Waals surface area contributed by atoms with E-state index in [1.165, 1.54) is 11.3 Å². The molecule has 0 fully saturated rings. The first-order valence-corrected chi connectivity index (χ1v) is 7.04. The van der Waals surface area contributed by atoms with Crippen LogP contribution >= 0.6 is 11.3 Å². The third-order valence-electron chi connectivity index (χ3n) is 3.20. The smallest absolute Gasteiger partial charge is 0.326 e. The molecule has 1 atom stereocenters. The molecular formula is C14H11N3O3S. The number of urea groups is 1. The van der Waals surface area contributed by atoms with Gasteiger partial charge in [-0.2, -0.15) is 0 Å². The van der Waals surface area contributed by atoms with Gasteiger partial charge in [-0.05, 0) is 17.5 Å². The van der Waals surface area contributed by atoms with Crippen molar-refractivity contribution >= 4 is 34.9 Å². The van der Waals surface area contributed by atoms with E-state index in [4.69, 9.17) is 5.73 Å². The van der Waals surface area contributed by atoms with Crippen molar-refractivity contribution in [1.82, 2.24) is 5.32 Å². The van der Waals surface area contributed by atoms with E-state index < -0.39 is 18.0 Å². The minimum atomic E-state index is -0.900. The van der Waals surface area contributed by atoms with Crippen LogP contribution in [-0.2, 0) is 4.79 Å². The Morgan fingerprint density at radius 3 is 2.62 bits per heavy atom. The van der Waals surface area contributed by atoms with Gasteiger partial charge in [-0.1, -0.05) is 24.3 Å². The summed E-state index contributed by atoms with van der Waals surface area (Å²) in [4.78, 5) is 37.3. The van der Waals surface area contributed by atoms with Gasteiger partial charge in [-0.3, -0.25) is 9.59 Å². The van der Waals surface area contributed by atoms with E-state index in [0.717, 1.165) is 4.90 Å². The molecule has 1 unspecified atom stereocenters. The van der Waals surface area contributed by atoms with Gasteiger partial charge in [0, 0.05) is 5.56 Å². The van der Waals surface area contributed by atoms with Gasteiger partial charge in [0.2, 0.25) is 0 Å². The minimum Gasteiger partial charge on any atom is -0.351 e. The highest BCUT2D eigenvalue weighted by molar-refractivity contribution is 7.12. The lowest BCUT2D eigenvalue weighted by molar-refractivity contribution is -0.119. The molecule has 0 spiro atoms. The molecule has 1 aliphatic rings. The van der Waals surface area contributed by atoms with Crippen molar-refractivity contribution < 1.29 is 14.4 Å². The molecule has 0 saturated heterocycles. The molecule has 106 valence electrons. The Morgan fingerprint density at radius 1 is 1.19 bits per heavy atom. The lowest BCUT2D eigenvalue weighted by Gasteiger charge is -2.13. The maximum atomic E-state index is 12.3. The zero-order valence-corrected chi connectivity index (χ0v) is 11.6. The lowest BCUT2D eigenvalue weighted by atomic mass is 10.1. The summed E-state index contributed by atoms with van der Waals surface area (Å²) in [6, 6.07) is 8.40. The van der Waals surface area contributed by atoms with E-state index in [2.05, 4.69) is 5.32 Å². The molecular weight excluding hydrogens is 290 g/mol. The number of benzene rings is 1. The van der Waals surface area contributed by atoms with Crippen molar-refractivity contribution in [3.63, 3.8) is 0 Å².